The van der Waals surface area contributed by atoms with E-state index in [1.54, 1.807) is 0 Å². The summed E-state index contributed by atoms with van der Waals surface area (Å²) in [7, 11) is 0. The number of hydrogen-bond acceptors (Lipinski definition) is 3. The van der Waals surface area contributed by atoms with Crippen LogP contribution in [0.3, 0.4) is 0 Å². The van der Waals surface area contributed by atoms with Crippen LogP contribution in [-0.4, -0.2) is 31.1 Å². The Morgan fingerprint density at radius 1 is 0.773 bits per heavy atom. The van der Waals surface area contributed by atoms with Gasteiger partial charge in [-0.3, -0.25) is 4.90 Å². The summed E-state index contributed by atoms with van der Waals surface area (Å²) in [5.74, 6) is 0. The Bertz CT molecular complexity index is 562. The molecule has 0 bridgehead atoms. The van der Waals surface area contributed by atoms with E-state index in [0.717, 1.165) is 32.7 Å². The summed E-state index contributed by atoms with van der Waals surface area (Å²) < 4.78 is 0. The zero-order valence-corrected chi connectivity index (χ0v) is 12.8. The summed E-state index contributed by atoms with van der Waals surface area (Å²) in [6, 6.07) is 10.7. The predicted molar refractivity (Wildman–Crippen MR) is 92.2 cm³/mol. The summed E-state index contributed by atoms with van der Waals surface area (Å²) in [6.45, 7) is 4.67. The average molecular weight is 293 g/mol. The highest BCUT2D eigenvalue weighted by atomic mass is 15.2. The number of benzene rings is 1. The Balaban J connectivity index is 1.69. The lowest BCUT2D eigenvalue weighted by Crippen LogP contribution is -2.35. The molecule has 3 rings (SSSR count). The molecule has 2 aliphatic heterocycles. The van der Waals surface area contributed by atoms with E-state index in [-0.39, 0.29) is 0 Å². The second-order valence-corrected chi connectivity index (χ2v) is 5.63. The van der Waals surface area contributed by atoms with Crippen molar-refractivity contribution in [2.24, 2.45) is 0 Å². The van der Waals surface area contributed by atoms with Crippen molar-refractivity contribution in [3.05, 3.63) is 83.7 Å². The van der Waals surface area contributed by atoms with Crippen LogP contribution in [0.2, 0.25) is 0 Å². The molecule has 0 amide bonds. The molecule has 0 aromatic heterocycles. The van der Waals surface area contributed by atoms with Gasteiger partial charge in [0.05, 0.1) is 0 Å². The Labute approximate surface area is 132 Å². The number of nitrogens with zero attached hydrogens (tertiary/aromatic N) is 1. The molecule has 1 aromatic rings. The standard InChI is InChI=1S/C19H23N3/c1-2-8-17(9-3-1)14-22(15-18-10-4-6-12-20-18)16-19-11-5-7-13-21-19/h1-11,20-21H,12-16H2. The van der Waals surface area contributed by atoms with Crippen LogP contribution < -0.4 is 10.6 Å². The van der Waals surface area contributed by atoms with Gasteiger partial charge in [-0.05, 0) is 17.7 Å². The highest BCUT2D eigenvalue weighted by molar-refractivity contribution is 5.22. The third kappa shape index (κ3) is 4.37. The molecule has 0 atom stereocenters. The van der Waals surface area contributed by atoms with Gasteiger partial charge in [0.2, 0.25) is 0 Å². The minimum atomic E-state index is 0.925. The topological polar surface area (TPSA) is 27.3 Å². The number of rotatable bonds is 6. The summed E-state index contributed by atoms with van der Waals surface area (Å²) in [4.78, 5) is 2.46. The monoisotopic (exact) mass is 293 g/mol. The first kappa shape index (κ1) is 14.7. The lowest BCUT2D eigenvalue weighted by Gasteiger charge is -2.27. The molecule has 0 saturated carbocycles. The van der Waals surface area contributed by atoms with Crippen LogP contribution in [-0.2, 0) is 6.54 Å². The first-order valence-electron chi connectivity index (χ1n) is 7.85. The maximum absolute atomic E-state index is 3.45. The van der Waals surface area contributed by atoms with Gasteiger partial charge in [0, 0.05) is 44.1 Å². The Morgan fingerprint density at radius 2 is 1.36 bits per heavy atom. The molecule has 2 heterocycles. The molecule has 114 valence electrons. The van der Waals surface area contributed by atoms with Crippen LogP contribution in [0, 0.1) is 0 Å². The van der Waals surface area contributed by atoms with Crippen molar-refractivity contribution in [2.75, 3.05) is 26.2 Å². The van der Waals surface area contributed by atoms with Gasteiger partial charge in [-0.25, -0.2) is 0 Å². The van der Waals surface area contributed by atoms with Crippen LogP contribution in [0.5, 0.6) is 0 Å². The molecular formula is C19H23N3. The number of allylic oxidation sites excluding steroid dienone is 4. The zero-order chi connectivity index (χ0) is 15.0. The molecule has 2 aliphatic rings. The van der Waals surface area contributed by atoms with Gasteiger partial charge in [-0.15, -0.1) is 0 Å². The smallest absolute Gasteiger partial charge is 0.0389 e. The molecule has 0 unspecified atom stereocenters. The maximum atomic E-state index is 3.45. The Hall–Kier alpha value is -2.26. The molecule has 0 saturated heterocycles. The zero-order valence-electron chi connectivity index (χ0n) is 12.8. The lowest BCUT2D eigenvalue weighted by atomic mass is 10.2. The van der Waals surface area contributed by atoms with Crippen LogP contribution in [0.1, 0.15) is 5.56 Å². The van der Waals surface area contributed by atoms with Crippen molar-refractivity contribution < 1.29 is 0 Å². The normalized spacial score (nSPS) is 16.8. The third-order valence-electron chi connectivity index (χ3n) is 3.80. The molecule has 3 heteroatoms. The van der Waals surface area contributed by atoms with E-state index in [2.05, 4.69) is 82.3 Å². The van der Waals surface area contributed by atoms with E-state index in [0.29, 0.717) is 0 Å². The highest BCUT2D eigenvalue weighted by Gasteiger charge is 2.12. The number of hydrogen-bond donors (Lipinski definition) is 2. The van der Waals surface area contributed by atoms with Gasteiger partial charge in [0.15, 0.2) is 0 Å². The second-order valence-electron chi connectivity index (χ2n) is 5.63. The molecule has 2 N–H and O–H groups in total. The molecular weight excluding hydrogens is 270 g/mol. The molecule has 0 radical (unpaired) electrons. The third-order valence-corrected chi connectivity index (χ3v) is 3.80. The van der Waals surface area contributed by atoms with E-state index in [9.17, 15) is 0 Å². The fraction of sp³-hybridized carbons (Fsp3) is 0.263. The fourth-order valence-corrected chi connectivity index (χ4v) is 2.71. The Kier molecular flexibility index (Phi) is 5.11. The van der Waals surface area contributed by atoms with E-state index in [4.69, 9.17) is 0 Å². The predicted octanol–water partition coefficient (Wildman–Crippen LogP) is 2.58. The van der Waals surface area contributed by atoms with E-state index in [1.165, 1.54) is 17.0 Å². The van der Waals surface area contributed by atoms with E-state index >= 15 is 0 Å². The van der Waals surface area contributed by atoms with E-state index < -0.39 is 0 Å². The number of nitrogens with one attached hydrogen (secondary N) is 2. The summed E-state index contributed by atoms with van der Waals surface area (Å²) in [5.41, 5.74) is 3.91. The van der Waals surface area contributed by atoms with Gasteiger partial charge in [-0.2, -0.15) is 0 Å². The van der Waals surface area contributed by atoms with Crippen molar-refractivity contribution in [3.63, 3.8) is 0 Å². The van der Waals surface area contributed by atoms with Crippen molar-refractivity contribution in [1.29, 1.82) is 0 Å². The minimum Gasteiger partial charge on any atom is -0.384 e. The van der Waals surface area contributed by atoms with Gasteiger partial charge < -0.3 is 10.6 Å². The maximum Gasteiger partial charge on any atom is 0.0389 e. The van der Waals surface area contributed by atoms with Gasteiger partial charge in [-0.1, -0.05) is 54.6 Å². The lowest BCUT2D eigenvalue weighted by molar-refractivity contribution is 0.301. The second kappa shape index (κ2) is 7.66. The van der Waals surface area contributed by atoms with Crippen LogP contribution in [0.25, 0.3) is 0 Å². The Morgan fingerprint density at radius 3 is 1.86 bits per heavy atom. The fourth-order valence-electron chi connectivity index (χ4n) is 2.71. The highest BCUT2D eigenvalue weighted by Crippen LogP contribution is 2.10. The van der Waals surface area contributed by atoms with Crippen LogP contribution in [0.15, 0.2) is 78.2 Å². The van der Waals surface area contributed by atoms with Gasteiger partial charge in [0.25, 0.3) is 0 Å². The summed E-state index contributed by atoms with van der Waals surface area (Å²) in [6.07, 6.45) is 12.9. The first-order chi connectivity index (χ1) is 10.9. The molecule has 0 aliphatic carbocycles. The quantitative estimate of drug-likeness (QED) is 0.844. The van der Waals surface area contributed by atoms with Crippen molar-refractivity contribution in [3.8, 4) is 0 Å². The van der Waals surface area contributed by atoms with E-state index in [1.807, 2.05) is 0 Å². The van der Waals surface area contributed by atoms with Gasteiger partial charge in [0.1, 0.15) is 0 Å². The van der Waals surface area contributed by atoms with Crippen molar-refractivity contribution >= 4 is 0 Å². The average Bonchev–Trinajstić information content (AvgIpc) is 2.57. The molecule has 22 heavy (non-hydrogen) atoms. The largest absolute Gasteiger partial charge is 0.384 e. The molecule has 0 fully saturated rings. The van der Waals surface area contributed by atoms with Crippen molar-refractivity contribution in [1.82, 2.24) is 15.5 Å². The van der Waals surface area contributed by atoms with Gasteiger partial charge >= 0.3 is 0 Å². The molecule has 1 aromatic carbocycles. The minimum absolute atomic E-state index is 0.925. The van der Waals surface area contributed by atoms with Crippen LogP contribution >= 0.6 is 0 Å². The first-order valence-corrected chi connectivity index (χ1v) is 7.85. The molecule has 3 nitrogen and oxygen atoms in total. The number of dihydropyridines is 2. The summed E-state index contributed by atoms with van der Waals surface area (Å²) in [5, 5.41) is 6.90. The van der Waals surface area contributed by atoms with Crippen molar-refractivity contribution in [2.45, 2.75) is 6.54 Å². The SMILES string of the molecule is C1=CCNC(CN(CC2=CC=CCN2)Cc2ccccc2)=C1. The summed E-state index contributed by atoms with van der Waals surface area (Å²) >= 11 is 0. The van der Waals surface area contributed by atoms with Crippen LogP contribution in [0.4, 0.5) is 0 Å². The molecule has 0 spiro atoms.